The van der Waals surface area contributed by atoms with Gasteiger partial charge in [-0.2, -0.15) is 4.98 Å². The highest BCUT2D eigenvalue weighted by Gasteiger charge is 2.18. The van der Waals surface area contributed by atoms with Crippen molar-refractivity contribution in [2.75, 3.05) is 29.0 Å². The van der Waals surface area contributed by atoms with Crippen LogP contribution in [0, 0.1) is 0 Å². The standard InChI is InChI=1S/C18H23N7O2/c1-11(26)22-12-4-2-5-13(8-12)24-18-21-10-15(16(19)27)17(25-18)23-14-6-3-7-20-9-14/h2,4-5,8,10,14,20H,3,6-7,9H2,1H3,(H2,19,27)(H,22,26)(H2,21,23,24,25). The molecule has 1 aliphatic rings. The highest BCUT2D eigenvalue weighted by atomic mass is 16.1. The quantitative estimate of drug-likeness (QED) is 0.520. The largest absolute Gasteiger partial charge is 0.365 e. The number of nitrogens with one attached hydrogen (secondary N) is 4. The smallest absolute Gasteiger partial charge is 0.254 e. The zero-order valence-corrected chi connectivity index (χ0v) is 15.1. The summed E-state index contributed by atoms with van der Waals surface area (Å²) >= 11 is 0. The second-order valence-corrected chi connectivity index (χ2v) is 6.39. The molecule has 1 aliphatic heterocycles. The molecule has 27 heavy (non-hydrogen) atoms. The van der Waals surface area contributed by atoms with E-state index in [9.17, 15) is 9.59 Å². The molecule has 1 atom stereocenters. The van der Waals surface area contributed by atoms with E-state index in [2.05, 4.69) is 31.2 Å². The average Bonchev–Trinajstić information content (AvgIpc) is 2.62. The number of carbonyl (C=O) groups excluding carboxylic acids is 2. The fourth-order valence-corrected chi connectivity index (χ4v) is 2.91. The molecule has 3 rings (SSSR count). The first-order chi connectivity index (χ1) is 13.0. The summed E-state index contributed by atoms with van der Waals surface area (Å²) in [6.07, 6.45) is 3.44. The van der Waals surface area contributed by atoms with Gasteiger partial charge >= 0.3 is 0 Å². The van der Waals surface area contributed by atoms with Crippen LogP contribution < -0.4 is 27.0 Å². The molecule has 1 aromatic heterocycles. The van der Waals surface area contributed by atoms with Crippen molar-refractivity contribution in [1.29, 1.82) is 0 Å². The number of primary amides is 1. The van der Waals surface area contributed by atoms with Gasteiger partial charge in [0.1, 0.15) is 5.82 Å². The predicted molar refractivity (Wildman–Crippen MR) is 104 cm³/mol. The van der Waals surface area contributed by atoms with Gasteiger partial charge in [0.25, 0.3) is 5.91 Å². The number of benzene rings is 1. The molecule has 0 saturated carbocycles. The number of anilines is 4. The minimum atomic E-state index is -0.583. The zero-order valence-electron chi connectivity index (χ0n) is 15.1. The lowest BCUT2D eigenvalue weighted by molar-refractivity contribution is -0.114. The molecule has 0 aliphatic carbocycles. The van der Waals surface area contributed by atoms with E-state index in [-0.39, 0.29) is 17.5 Å². The van der Waals surface area contributed by atoms with Crippen molar-refractivity contribution in [2.45, 2.75) is 25.8 Å². The Bertz CT molecular complexity index is 834. The lowest BCUT2D eigenvalue weighted by Crippen LogP contribution is -2.39. The molecule has 6 N–H and O–H groups in total. The maximum absolute atomic E-state index is 11.7. The van der Waals surface area contributed by atoms with Crippen LogP contribution >= 0.6 is 0 Å². The number of piperidine rings is 1. The number of rotatable bonds is 6. The third-order valence-corrected chi connectivity index (χ3v) is 4.13. The van der Waals surface area contributed by atoms with Crippen LogP contribution in [0.25, 0.3) is 0 Å². The SMILES string of the molecule is CC(=O)Nc1cccc(Nc2ncc(C(N)=O)c(NC3CCCNC3)n2)c1. The highest BCUT2D eigenvalue weighted by molar-refractivity contribution is 5.97. The van der Waals surface area contributed by atoms with Crippen molar-refractivity contribution in [3.8, 4) is 0 Å². The molecular weight excluding hydrogens is 346 g/mol. The number of carbonyl (C=O) groups is 2. The third kappa shape index (κ3) is 5.14. The van der Waals surface area contributed by atoms with Crippen molar-refractivity contribution < 1.29 is 9.59 Å². The summed E-state index contributed by atoms with van der Waals surface area (Å²) in [4.78, 5) is 31.5. The van der Waals surface area contributed by atoms with E-state index in [4.69, 9.17) is 5.73 Å². The summed E-state index contributed by atoms with van der Waals surface area (Å²) < 4.78 is 0. The van der Waals surface area contributed by atoms with Gasteiger partial charge in [0.05, 0.1) is 5.56 Å². The normalized spacial score (nSPS) is 16.4. The Morgan fingerprint density at radius 1 is 1.30 bits per heavy atom. The first-order valence-corrected chi connectivity index (χ1v) is 8.80. The molecule has 0 spiro atoms. The first kappa shape index (κ1) is 18.6. The van der Waals surface area contributed by atoms with Gasteiger partial charge in [0, 0.05) is 37.1 Å². The lowest BCUT2D eigenvalue weighted by atomic mass is 10.1. The van der Waals surface area contributed by atoms with E-state index in [1.807, 2.05) is 6.07 Å². The average molecular weight is 369 g/mol. The number of nitrogens with zero attached hydrogens (tertiary/aromatic N) is 2. The topological polar surface area (TPSA) is 134 Å². The Hall–Kier alpha value is -3.20. The van der Waals surface area contributed by atoms with Gasteiger partial charge in [0.2, 0.25) is 11.9 Å². The van der Waals surface area contributed by atoms with E-state index in [1.54, 1.807) is 18.2 Å². The van der Waals surface area contributed by atoms with Crippen LogP contribution in [0.15, 0.2) is 30.5 Å². The third-order valence-electron chi connectivity index (χ3n) is 4.13. The molecule has 0 radical (unpaired) electrons. The number of hydrogen-bond donors (Lipinski definition) is 5. The molecule has 1 fully saturated rings. The molecule has 9 heteroatoms. The van der Waals surface area contributed by atoms with Crippen LogP contribution in [0.4, 0.5) is 23.1 Å². The fourth-order valence-electron chi connectivity index (χ4n) is 2.91. The van der Waals surface area contributed by atoms with Gasteiger partial charge in [-0.1, -0.05) is 6.07 Å². The molecule has 2 aromatic rings. The lowest BCUT2D eigenvalue weighted by Gasteiger charge is -2.25. The molecule has 0 bridgehead atoms. The van der Waals surface area contributed by atoms with Crippen molar-refractivity contribution in [3.05, 3.63) is 36.0 Å². The van der Waals surface area contributed by atoms with Gasteiger partial charge < -0.3 is 27.0 Å². The van der Waals surface area contributed by atoms with E-state index >= 15 is 0 Å². The van der Waals surface area contributed by atoms with Gasteiger partial charge in [-0.05, 0) is 37.6 Å². The van der Waals surface area contributed by atoms with Crippen LogP contribution in [0.2, 0.25) is 0 Å². The second kappa shape index (κ2) is 8.45. The van der Waals surface area contributed by atoms with Gasteiger partial charge in [-0.3, -0.25) is 9.59 Å². The summed E-state index contributed by atoms with van der Waals surface area (Å²) in [5, 5.41) is 12.4. The van der Waals surface area contributed by atoms with Crippen molar-refractivity contribution in [2.24, 2.45) is 5.73 Å². The van der Waals surface area contributed by atoms with Gasteiger partial charge in [-0.25, -0.2) is 4.98 Å². The molecule has 142 valence electrons. The highest BCUT2D eigenvalue weighted by Crippen LogP contribution is 2.21. The van der Waals surface area contributed by atoms with Crippen molar-refractivity contribution >= 4 is 35.0 Å². The number of hydrogen-bond acceptors (Lipinski definition) is 7. The molecule has 9 nitrogen and oxygen atoms in total. The molecule has 2 amide bonds. The Morgan fingerprint density at radius 2 is 2.11 bits per heavy atom. The van der Waals surface area contributed by atoms with E-state index in [0.29, 0.717) is 23.1 Å². The number of amides is 2. The summed E-state index contributed by atoms with van der Waals surface area (Å²) in [6, 6.07) is 7.35. The monoisotopic (exact) mass is 369 g/mol. The summed E-state index contributed by atoms with van der Waals surface area (Å²) in [5.41, 5.74) is 7.07. The van der Waals surface area contributed by atoms with Crippen molar-refractivity contribution in [1.82, 2.24) is 15.3 Å². The summed E-state index contributed by atoms with van der Waals surface area (Å²) in [6.45, 7) is 3.23. The first-order valence-electron chi connectivity index (χ1n) is 8.80. The Kier molecular flexibility index (Phi) is 5.82. The van der Waals surface area contributed by atoms with Gasteiger partial charge in [-0.15, -0.1) is 0 Å². The fraction of sp³-hybridized carbons (Fsp3) is 0.333. The van der Waals surface area contributed by atoms with Crippen LogP contribution in [0.1, 0.15) is 30.1 Å². The molecule has 1 aromatic carbocycles. The Labute approximate surface area is 157 Å². The van der Waals surface area contributed by atoms with E-state index in [1.165, 1.54) is 13.1 Å². The number of aromatic nitrogens is 2. The second-order valence-electron chi connectivity index (χ2n) is 6.39. The minimum Gasteiger partial charge on any atom is -0.365 e. The molecule has 1 saturated heterocycles. The van der Waals surface area contributed by atoms with Crippen LogP contribution in [-0.2, 0) is 4.79 Å². The van der Waals surface area contributed by atoms with Crippen LogP contribution in [0.3, 0.4) is 0 Å². The predicted octanol–water partition coefficient (Wildman–Crippen LogP) is 1.44. The van der Waals surface area contributed by atoms with Crippen molar-refractivity contribution in [3.63, 3.8) is 0 Å². The molecule has 2 heterocycles. The van der Waals surface area contributed by atoms with E-state index < -0.39 is 5.91 Å². The molecule has 1 unspecified atom stereocenters. The summed E-state index contributed by atoms with van der Waals surface area (Å²) in [7, 11) is 0. The van der Waals surface area contributed by atoms with E-state index in [0.717, 1.165) is 25.9 Å². The Balaban J connectivity index is 1.80. The van der Waals surface area contributed by atoms with Crippen LogP contribution in [0.5, 0.6) is 0 Å². The maximum Gasteiger partial charge on any atom is 0.254 e. The number of nitrogens with two attached hydrogens (primary N) is 1. The summed E-state index contributed by atoms with van der Waals surface area (Å²) in [5.74, 6) is 0.000206. The Morgan fingerprint density at radius 3 is 2.81 bits per heavy atom. The molecular formula is C18H23N7O2. The minimum absolute atomic E-state index is 0.151. The zero-order chi connectivity index (χ0) is 19.2. The maximum atomic E-state index is 11.7. The van der Waals surface area contributed by atoms with Gasteiger partial charge in [0.15, 0.2) is 0 Å². The van der Waals surface area contributed by atoms with Crippen LogP contribution in [-0.4, -0.2) is 40.9 Å².